The minimum absolute atomic E-state index is 0.0649. The summed E-state index contributed by atoms with van der Waals surface area (Å²) < 4.78 is 5.81. The molecular weight excluding hydrogens is 188 g/mol. The Hall–Kier alpha value is -1.02. The molecule has 1 atom stereocenters. The van der Waals surface area contributed by atoms with Crippen molar-refractivity contribution in [2.45, 2.75) is 40.2 Å². The molecule has 2 nitrogen and oxygen atoms in total. The number of ether oxygens (including phenoxy) is 1. The van der Waals surface area contributed by atoms with Gasteiger partial charge in [-0.05, 0) is 38.8 Å². The normalized spacial score (nSPS) is 12.6. The molecule has 0 aliphatic carbocycles. The minimum Gasteiger partial charge on any atom is -0.490 e. The summed E-state index contributed by atoms with van der Waals surface area (Å²) in [5, 5.41) is 8.82. The number of hydrogen-bond acceptors (Lipinski definition) is 2. The highest BCUT2D eigenvalue weighted by Gasteiger charge is 2.09. The van der Waals surface area contributed by atoms with E-state index in [2.05, 4.69) is 32.9 Å². The monoisotopic (exact) mass is 208 g/mol. The minimum atomic E-state index is 0.0649. The van der Waals surface area contributed by atoms with Gasteiger partial charge in [0.2, 0.25) is 0 Å². The van der Waals surface area contributed by atoms with Crippen molar-refractivity contribution in [1.82, 2.24) is 0 Å². The Labute approximate surface area is 91.9 Å². The van der Waals surface area contributed by atoms with Crippen LogP contribution in [-0.4, -0.2) is 17.8 Å². The lowest BCUT2D eigenvalue weighted by molar-refractivity contribution is 0.167. The van der Waals surface area contributed by atoms with E-state index in [9.17, 15) is 0 Å². The first kappa shape index (κ1) is 12.1. The average Bonchev–Trinajstić information content (AvgIpc) is 2.11. The van der Waals surface area contributed by atoms with E-state index in [1.54, 1.807) is 0 Å². The standard InChI is InChI=1S/C13H20O2/c1-9-7-10(2)13(11(3)8-9)15-12(4)5-6-14/h7-8,12,14H,5-6H2,1-4H3. The smallest absolute Gasteiger partial charge is 0.125 e. The van der Waals surface area contributed by atoms with Gasteiger partial charge in [-0.2, -0.15) is 0 Å². The Morgan fingerprint density at radius 2 is 1.73 bits per heavy atom. The highest BCUT2D eigenvalue weighted by atomic mass is 16.5. The van der Waals surface area contributed by atoms with Crippen molar-refractivity contribution in [3.8, 4) is 5.75 Å². The van der Waals surface area contributed by atoms with Gasteiger partial charge >= 0.3 is 0 Å². The third-order valence-corrected chi connectivity index (χ3v) is 2.46. The highest BCUT2D eigenvalue weighted by Crippen LogP contribution is 2.25. The fourth-order valence-corrected chi connectivity index (χ4v) is 1.79. The molecule has 0 heterocycles. The van der Waals surface area contributed by atoms with E-state index in [1.807, 2.05) is 6.92 Å². The molecule has 0 aromatic heterocycles. The van der Waals surface area contributed by atoms with Gasteiger partial charge in [-0.3, -0.25) is 0 Å². The average molecular weight is 208 g/mol. The maximum atomic E-state index is 8.82. The van der Waals surface area contributed by atoms with E-state index in [4.69, 9.17) is 9.84 Å². The van der Waals surface area contributed by atoms with Crippen LogP contribution >= 0.6 is 0 Å². The van der Waals surface area contributed by atoms with Crippen LogP contribution in [0.1, 0.15) is 30.0 Å². The number of aryl methyl sites for hydroxylation is 3. The molecule has 84 valence electrons. The molecule has 1 aromatic rings. The summed E-state index contributed by atoms with van der Waals surface area (Å²) in [6, 6.07) is 4.24. The van der Waals surface area contributed by atoms with Crippen molar-refractivity contribution < 1.29 is 9.84 Å². The predicted octanol–water partition coefficient (Wildman–Crippen LogP) is 2.76. The van der Waals surface area contributed by atoms with Gasteiger partial charge in [-0.1, -0.05) is 17.7 Å². The maximum absolute atomic E-state index is 8.82. The van der Waals surface area contributed by atoms with Gasteiger partial charge in [0.25, 0.3) is 0 Å². The quantitative estimate of drug-likeness (QED) is 0.824. The van der Waals surface area contributed by atoms with E-state index >= 15 is 0 Å². The second-order valence-electron chi connectivity index (χ2n) is 4.17. The maximum Gasteiger partial charge on any atom is 0.125 e. The summed E-state index contributed by atoms with van der Waals surface area (Å²) in [6.07, 6.45) is 0.738. The third kappa shape index (κ3) is 3.24. The molecule has 1 rings (SSSR count). The zero-order valence-corrected chi connectivity index (χ0v) is 10.0. The van der Waals surface area contributed by atoms with Crippen molar-refractivity contribution in [3.05, 3.63) is 28.8 Å². The van der Waals surface area contributed by atoms with Crippen LogP contribution in [0.15, 0.2) is 12.1 Å². The van der Waals surface area contributed by atoms with Crippen molar-refractivity contribution in [2.24, 2.45) is 0 Å². The van der Waals surface area contributed by atoms with Crippen LogP contribution in [0.25, 0.3) is 0 Å². The number of hydrogen-bond donors (Lipinski definition) is 1. The molecule has 0 bridgehead atoms. The topological polar surface area (TPSA) is 29.5 Å². The highest BCUT2D eigenvalue weighted by molar-refractivity contribution is 5.43. The molecule has 0 amide bonds. The van der Waals surface area contributed by atoms with E-state index < -0.39 is 0 Å². The van der Waals surface area contributed by atoms with E-state index in [0.717, 1.165) is 16.9 Å². The summed E-state index contributed by atoms with van der Waals surface area (Å²) in [5.74, 6) is 0.960. The van der Waals surface area contributed by atoms with Crippen molar-refractivity contribution in [1.29, 1.82) is 0 Å². The second kappa shape index (κ2) is 5.17. The first-order valence-corrected chi connectivity index (χ1v) is 5.40. The summed E-state index contributed by atoms with van der Waals surface area (Å²) in [6.45, 7) is 8.35. The van der Waals surface area contributed by atoms with Crippen LogP contribution in [0.4, 0.5) is 0 Å². The molecule has 15 heavy (non-hydrogen) atoms. The molecular formula is C13H20O2. The summed E-state index contributed by atoms with van der Waals surface area (Å²) in [5.41, 5.74) is 3.58. The second-order valence-corrected chi connectivity index (χ2v) is 4.17. The SMILES string of the molecule is Cc1cc(C)c(OC(C)CCO)c(C)c1. The predicted molar refractivity (Wildman–Crippen MR) is 62.4 cm³/mol. The molecule has 2 heteroatoms. The number of aliphatic hydroxyl groups is 1. The van der Waals surface area contributed by atoms with Gasteiger partial charge in [0.05, 0.1) is 6.10 Å². The number of benzene rings is 1. The number of rotatable bonds is 4. The molecule has 0 saturated heterocycles. The largest absolute Gasteiger partial charge is 0.490 e. The molecule has 0 radical (unpaired) electrons. The van der Waals surface area contributed by atoms with Crippen LogP contribution < -0.4 is 4.74 Å². The molecule has 1 unspecified atom stereocenters. The molecule has 0 fully saturated rings. The molecule has 1 aromatic carbocycles. The first-order chi connectivity index (χ1) is 7.04. The van der Waals surface area contributed by atoms with E-state index in [1.165, 1.54) is 5.56 Å². The lowest BCUT2D eigenvalue weighted by Crippen LogP contribution is -2.14. The Morgan fingerprint density at radius 3 is 2.20 bits per heavy atom. The van der Waals surface area contributed by atoms with Crippen molar-refractivity contribution in [2.75, 3.05) is 6.61 Å². The Bertz CT molecular complexity index is 308. The fraction of sp³-hybridized carbons (Fsp3) is 0.538. The third-order valence-electron chi connectivity index (χ3n) is 2.46. The van der Waals surface area contributed by atoms with Gasteiger partial charge in [0.1, 0.15) is 5.75 Å². The molecule has 0 aliphatic rings. The van der Waals surface area contributed by atoms with Crippen LogP contribution in [0.5, 0.6) is 5.75 Å². The van der Waals surface area contributed by atoms with Crippen molar-refractivity contribution in [3.63, 3.8) is 0 Å². The molecule has 0 aliphatic heterocycles. The molecule has 0 saturated carbocycles. The first-order valence-electron chi connectivity index (χ1n) is 5.40. The summed E-state index contributed by atoms with van der Waals surface area (Å²) in [7, 11) is 0. The summed E-state index contributed by atoms with van der Waals surface area (Å²) in [4.78, 5) is 0. The van der Waals surface area contributed by atoms with Gasteiger partial charge in [0, 0.05) is 13.0 Å². The van der Waals surface area contributed by atoms with Crippen molar-refractivity contribution >= 4 is 0 Å². The summed E-state index contributed by atoms with van der Waals surface area (Å²) >= 11 is 0. The number of aliphatic hydroxyl groups excluding tert-OH is 1. The zero-order chi connectivity index (χ0) is 11.4. The zero-order valence-electron chi connectivity index (χ0n) is 10.0. The Balaban J connectivity index is 2.85. The molecule has 0 spiro atoms. The van der Waals surface area contributed by atoms with Crippen LogP contribution in [0.2, 0.25) is 0 Å². The fourth-order valence-electron chi connectivity index (χ4n) is 1.79. The van der Waals surface area contributed by atoms with Crippen LogP contribution in [-0.2, 0) is 0 Å². The van der Waals surface area contributed by atoms with E-state index in [-0.39, 0.29) is 12.7 Å². The van der Waals surface area contributed by atoms with Crippen LogP contribution in [0, 0.1) is 20.8 Å². The molecule has 1 N–H and O–H groups in total. The van der Waals surface area contributed by atoms with Gasteiger partial charge in [-0.15, -0.1) is 0 Å². The van der Waals surface area contributed by atoms with E-state index in [0.29, 0.717) is 6.42 Å². The lowest BCUT2D eigenvalue weighted by atomic mass is 10.1. The Morgan fingerprint density at radius 1 is 1.20 bits per heavy atom. The Kier molecular flexibility index (Phi) is 4.15. The van der Waals surface area contributed by atoms with Gasteiger partial charge < -0.3 is 9.84 Å². The van der Waals surface area contributed by atoms with Gasteiger partial charge in [-0.25, -0.2) is 0 Å². The van der Waals surface area contributed by atoms with Crippen LogP contribution in [0.3, 0.4) is 0 Å². The lowest BCUT2D eigenvalue weighted by Gasteiger charge is -2.18. The van der Waals surface area contributed by atoms with Gasteiger partial charge in [0.15, 0.2) is 0 Å².